The van der Waals surface area contributed by atoms with E-state index in [1.807, 2.05) is 0 Å². The van der Waals surface area contributed by atoms with Gasteiger partial charge < -0.3 is 4.81 Å². The third kappa shape index (κ3) is 2.25. The van der Waals surface area contributed by atoms with Crippen LogP contribution in [0.15, 0.2) is 91.0 Å². The first kappa shape index (κ1) is 14.4. The molecule has 118 valence electrons. The quantitative estimate of drug-likeness (QED) is 0.581. The number of hydrogen-bond acceptors (Lipinski definition) is 1. The van der Waals surface area contributed by atoms with Crippen molar-refractivity contribution in [2.75, 3.05) is 4.81 Å². The van der Waals surface area contributed by atoms with Gasteiger partial charge in [-0.15, -0.1) is 0 Å². The van der Waals surface area contributed by atoms with Gasteiger partial charge in [0.2, 0.25) is 0 Å². The molecule has 0 fully saturated rings. The summed E-state index contributed by atoms with van der Waals surface area (Å²) in [6, 6.07) is 26.2. The lowest BCUT2D eigenvalue weighted by Crippen LogP contribution is -2.49. The predicted molar refractivity (Wildman–Crippen MR) is 108 cm³/mol. The van der Waals surface area contributed by atoms with E-state index in [0.717, 1.165) is 0 Å². The van der Waals surface area contributed by atoms with Crippen molar-refractivity contribution in [2.24, 2.45) is 0 Å². The Kier molecular flexibility index (Phi) is 3.17. The average molecular weight is 319 g/mol. The van der Waals surface area contributed by atoms with E-state index in [4.69, 9.17) is 0 Å². The maximum atomic E-state index is 2.39. The molecule has 3 aromatic carbocycles. The van der Waals surface area contributed by atoms with E-state index in [1.54, 1.807) is 0 Å². The van der Waals surface area contributed by atoms with Gasteiger partial charge in [0.05, 0.1) is 0 Å². The van der Waals surface area contributed by atoms with E-state index >= 15 is 0 Å². The van der Waals surface area contributed by atoms with E-state index in [9.17, 15) is 0 Å². The predicted octanol–water partition coefficient (Wildman–Crippen LogP) is 4.83. The largest absolute Gasteiger partial charge is 0.383 e. The van der Waals surface area contributed by atoms with Gasteiger partial charge in [0, 0.05) is 11.3 Å². The Labute approximate surface area is 149 Å². The highest BCUT2D eigenvalue weighted by molar-refractivity contribution is 6.84. The van der Waals surface area contributed by atoms with Crippen LogP contribution in [0, 0.1) is 6.92 Å². The Bertz CT molecular complexity index is 1030. The molecule has 5 rings (SSSR count). The van der Waals surface area contributed by atoms with Gasteiger partial charge in [-0.2, -0.15) is 0 Å². The Morgan fingerprint density at radius 3 is 2.48 bits per heavy atom. The summed E-state index contributed by atoms with van der Waals surface area (Å²) in [5.74, 6) is 2.39. The van der Waals surface area contributed by atoms with Crippen LogP contribution in [0.4, 0.5) is 5.69 Å². The minimum atomic E-state index is 0.242. The van der Waals surface area contributed by atoms with Gasteiger partial charge in [0.25, 0.3) is 0 Å². The summed E-state index contributed by atoms with van der Waals surface area (Å²) in [7, 11) is 0. The molecule has 2 heteroatoms. The minimum Gasteiger partial charge on any atom is -0.383 e. The molecule has 0 aromatic heterocycles. The molecule has 0 amide bonds. The zero-order valence-electron chi connectivity index (χ0n) is 14.2. The van der Waals surface area contributed by atoms with E-state index in [1.165, 1.54) is 39.0 Å². The molecule has 0 saturated carbocycles. The van der Waals surface area contributed by atoms with Crippen molar-refractivity contribution in [3.63, 3.8) is 0 Å². The van der Waals surface area contributed by atoms with Gasteiger partial charge in [0.1, 0.15) is 0 Å². The summed E-state index contributed by atoms with van der Waals surface area (Å²) >= 11 is 0. The normalized spacial score (nSPS) is 14.5. The Morgan fingerprint density at radius 2 is 1.60 bits per heavy atom. The number of anilines is 1. The molecule has 3 aromatic rings. The van der Waals surface area contributed by atoms with Crippen LogP contribution in [0.3, 0.4) is 0 Å². The SMILES string of the molecule is Cc1cccc(C2=CB3c4ccccc4-c4ccccc4N3C=C2)c1. The topological polar surface area (TPSA) is 3.24 Å². The highest BCUT2D eigenvalue weighted by Gasteiger charge is 2.33. The fraction of sp³-hybridized carbons (Fsp3) is 0.0435. The summed E-state index contributed by atoms with van der Waals surface area (Å²) in [6.45, 7) is 2.39. The van der Waals surface area contributed by atoms with Crippen molar-refractivity contribution < 1.29 is 0 Å². The summed E-state index contributed by atoms with van der Waals surface area (Å²) in [5.41, 5.74) is 9.17. The Balaban J connectivity index is 1.69. The zero-order chi connectivity index (χ0) is 16.8. The number of para-hydroxylation sites is 1. The van der Waals surface area contributed by atoms with Crippen LogP contribution in [0.5, 0.6) is 0 Å². The van der Waals surface area contributed by atoms with Crippen molar-refractivity contribution >= 4 is 23.6 Å². The lowest BCUT2D eigenvalue weighted by molar-refractivity contribution is 1.36. The second kappa shape index (κ2) is 5.53. The molecule has 2 aliphatic rings. The molecular formula is C23H18BN. The number of hydrogen-bond donors (Lipinski definition) is 0. The Hall–Kier alpha value is -3.00. The highest BCUT2D eigenvalue weighted by atomic mass is 15.1. The number of aryl methyl sites for hydroxylation is 1. The van der Waals surface area contributed by atoms with Crippen LogP contribution in [-0.4, -0.2) is 6.85 Å². The lowest BCUT2D eigenvalue weighted by atomic mass is 9.49. The van der Waals surface area contributed by atoms with Crippen molar-refractivity contribution in [3.05, 3.63) is 102 Å². The summed E-state index contributed by atoms with van der Waals surface area (Å²) < 4.78 is 0. The molecule has 25 heavy (non-hydrogen) atoms. The molecule has 0 bridgehead atoms. The Morgan fingerprint density at radius 1 is 0.800 bits per heavy atom. The van der Waals surface area contributed by atoms with Crippen LogP contribution in [0.25, 0.3) is 16.7 Å². The average Bonchev–Trinajstić information content (AvgIpc) is 2.68. The van der Waals surface area contributed by atoms with Crippen molar-refractivity contribution in [1.29, 1.82) is 0 Å². The van der Waals surface area contributed by atoms with E-state index in [2.05, 4.69) is 103 Å². The fourth-order valence-corrected chi connectivity index (χ4v) is 3.97. The molecule has 0 atom stereocenters. The summed E-state index contributed by atoms with van der Waals surface area (Å²) in [4.78, 5) is 2.39. The third-order valence-electron chi connectivity index (χ3n) is 5.16. The third-order valence-corrected chi connectivity index (χ3v) is 5.16. The molecule has 2 aliphatic heterocycles. The second-order valence-corrected chi connectivity index (χ2v) is 6.76. The first-order valence-electron chi connectivity index (χ1n) is 8.75. The monoisotopic (exact) mass is 319 g/mol. The smallest absolute Gasteiger partial charge is 0.321 e. The highest BCUT2D eigenvalue weighted by Crippen LogP contribution is 2.37. The molecular weight excluding hydrogens is 301 g/mol. The molecule has 1 nitrogen and oxygen atoms in total. The van der Waals surface area contributed by atoms with Gasteiger partial charge >= 0.3 is 6.85 Å². The summed E-state index contributed by atoms with van der Waals surface area (Å²) in [6.07, 6.45) is 4.47. The van der Waals surface area contributed by atoms with Crippen molar-refractivity contribution in [1.82, 2.24) is 0 Å². The standard InChI is InChI=1S/C23H18BN/c1-17-7-6-8-18(15-17)19-13-14-25-23-12-5-3-10-21(23)20-9-2-4-11-22(20)24(25)16-19/h2-16H,1H3. The molecule has 0 saturated heterocycles. The van der Waals surface area contributed by atoms with Gasteiger partial charge in [-0.05, 0) is 47.4 Å². The molecule has 2 heterocycles. The first-order valence-corrected chi connectivity index (χ1v) is 8.75. The van der Waals surface area contributed by atoms with Crippen LogP contribution in [0.2, 0.25) is 0 Å². The zero-order valence-corrected chi connectivity index (χ0v) is 14.2. The number of nitrogens with zero attached hydrogens (tertiary/aromatic N) is 1. The van der Waals surface area contributed by atoms with Crippen molar-refractivity contribution in [2.45, 2.75) is 6.92 Å². The lowest BCUT2D eigenvalue weighted by Gasteiger charge is -2.37. The van der Waals surface area contributed by atoms with E-state index in [-0.39, 0.29) is 6.85 Å². The van der Waals surface area contributed by atoms with Gasteiger partial charge in [-0.1, -0.05) is 78.3 Å². The second-order valence-electron chi connectivity index (χ2n) is 6.76. The maximum absolute atomic E-state index is 2.39. The molecule has 0 N–H and O–H groups in total. The van der Waals surface area contributed by atoms with Gasteiger partial charge in [-0.3, -0.25) is 0 Å². The van der Waals surface area contributed by atoms with E-state index in [0.29, 0.717) is 0 Å². The van der Waals surface area contributed by atoms with Crippen LogP contribution >= 0.6 is 0 Å². The molecule has 0 aliphatic carbocycles. The molecule has 0 spiro atoms. The van der Waals surface area contributed by atoms with Gasteiger partial charge in [0.15, 0.2) is 0 Å². The number of allylic oxidation sites excluding steroid dienone is 2. The number of rotatable bonds is 1. The minimum absolute atomic E-state index is 0.242. The van der Waals surface area contributed by atoms with Crippen LogP contribution in [-0.2, 0) is 0 Å². The maximum Gasteiger partial charge on any atom is 0.321 e. The first-order chi connectivity index (χ1) is 12.3. The number of fused-ring (bicyclic) bond motifs is 6. The molecule has 0 unspecified atom stereocenters. The van der Waals surface area contributed by atoms with Crippen molar-refractivity contribution in [3.8, 4) is 11.1 Å². The van der Waals surface area contributed by atoms with Gasteiger partial charge in [-0.25, -0.2) is 0 Å². The van der Waals surface area contributed by atoms with E-state index < -0.39 is 0 Å². The van der Waals surface area contributed by atoms with Crippen LogP contribution in [0.1, 0.15) is 11.1 Å². The number of benzene rings is 3. The summed E-state index contributed by atoms with van der Waals surface area (Å²) in [5, 5.41) is 0. The fourth-order valence-electron chi connectivity index (χ4n) is 3.97. The molecule has 0 radical (unpaired) electrons. The van der Waals surface area contributed by atoms with Crippen LogP contribution < -0.4 is 10.3 Å².